The monoisotopic (exact) mass is 330 g/mol. The SMILES string of the molecule is CNC(c1ccc([N+](=O)[O-])o1)c1cc(Br)c(C)s1. The lowest BCUT2D eigenvalue weighted by atomic mass is 10.2. The molecule has 5 nitrogen and oxygen atoms in total. The van der Waals surface area contributed by atoms with Crippen LogP contribution in [-0.2, 0) is 0 Å². The maximum atomic E-state index is 10.6. The second-order valence-electron chi connectivity index (χ2n) is 3.71. The number of hydrogen-bond donors (Lipinski definition) is 1. The molecule has 0 aromatic carbocycles. The second kappa shape index (κ2) is 5.21. The summed E-state index contributed by atoms with van der Waals surface area (Å²) in [6.07, 6.45) is 0. The van der Waals surface area contributed by atoms with E-state index < -0.39 is 4.92 Å². The fourth-order valence-electron chi connectivity index (χ4n) is 1.64. The highest BCUT2D eigenvalue weighted by atomic mass is 79.9. The standard InChI is InChI=1S/C11H11BrN2O3S/c1-6-7(12)5-9(18-6)11(13-2)8-3-4-10(17-8)14(15)16/h3-5,11,13H,1-2H3. The number of furan rings is 1. The van der Waals surface area contributed by atoms with Crippen LogP contribution in [0.15, 0.2) is 27.1 Å². The highest BCUT2D eigenvalue weighted by Crippen LogP contribution is 2.34. The number of nitrogens with one attached hydrogen (secondary N) is 1. The largest absolute Gasteiger partial charge is 0.433 e. The Morgan fingerprint density at radius 2 is 2.28 bits per heavy atom. The van der Waals surface area contributed by atoms with Gasteiger partial charge in [-0.25, -0.2) is 0 Å². The molecule has 0 radical (unpaired) electrons. The fraction of sp³-hybridized carbons (Fsp3) is 0.273. The molecule has 2 aromatic heterocycles. The van der Waals surface area contributed by atoms with Gasteiger partial charge < -0.3 is 9.73 Å². The van der Waals surface area contributed by atoms with Crippen LogP contribution in [0, 0.1) is 17.0 Å². The Kier molecular flexibility index (Phi) is 3.84. The molecule has 1 unspecified atom stereocenters. The van der Waals surface area contributed by atoms with Crippen molar-refractivity contribution in [1.82, 2.24) is 5.32 Å². The van der Waals surface area contributed by atoms with Gasteiger partial charge >= 0.3 is 5.88 Å². The molecular formula is C11H11BrN2O3S. The Bertz CT molecular complexity index is 559. The highest BCUT2D eigenvalue weighted by molar-refractivity contribution is 9.10. The summed E-state index contributed by atoms with van der Waals surface area (Å²) in [7, 11) is 1.79. The van der Waals surface area contributed by atoms with E-state index in [0.717, 1.165) is 14.2 Å². The molecule has 18 heavy (non-hydrogen) atoms. The summed E-state index contributed by atoms with van der Waals surface area (Å²) in [5.41, 5.74) is 0. The summed E-state index contributed by atoms with van der Waals surface area (Å²) in [6, 6.07) is 4.82. The van der Waals surface area contributed by atoms with E-state index in [1.54, 1.807) is 24.5 Å². The quantitative estimate of drug-likeness (QED) is 0.686. The minimum atomic E-state index is -0.536. The molecule has 0 saturated carbocycles. The molecule has 0 aliphatic rings. The first-order valence-electron chi connectivity index (χ1n) is 5.20. The fourth-order valence-corrected chi connectivity index (χ4v) is 3.32. The summed E-state index contributed by atoms with van der Waals surface area (Å²) < 4.78 is 6.26. The van der Waals surface area contributed by atoms with Gasteiger partial charge in [-0.3, -0.25) is 10.1 Å². The van der Waals surface area contributed by atoms with Crippen molar-refractivity contribution in [2.75, 3.05) is 7.05 Å². The maximum Gasteiger partial charge on any atom is 0.433 e. The lowest BCUT2D eigenvalue weighted by molar-refractivity contribution is -0.402. The first-order chi connectivity index (χ1) is 8.52. The van der Waals surface area contributed by atoms with Crippen LogP contribution in [0.4, 0.5) is 5.88 Å². The molecule has 1 N–H and O–H groups in total. The smallest absolute Gasteiger partial charge is 0.404 e. The number of halogens is 1. The van der Waals surface area contributed by atoms with Crippen LogP contribution in [0.3, 0.4) is 0 Å². The normalized spacial score (nSPS) is 12.6. The maximum absolute atomic E-state index is 10.6. The lowest BCUT2D eigenvalue weighted by Gasteiger charge is -2.10. The van der Waals surface area contributed by atoms with Crippen LogP contribution in [-0.4, -0.2) is 12.0 Å². The predicted octanol–water partition coefficient (Wildman–Crippen LogP) is 3.63. The van der Waals surface area contributed by atoms with E-state index in [4.69, 9.17) is 4.42 Å². The van der Waals surface area contributed by atoms with Gasteiger partial charge in [-0.15, -0.1) is 11.3 Å². The predicted molar refractivity (Wildman–Crippen MR) is 73.0 cm³/mol. The van der Waals surface area contributed by atoms with E-state index in [2.05, 4.69) is 21.2 Å². The van der Waals surface area contributed by atoms with Crippen molar-refractivity contribution in [2.24, 2.45) is 0 Å². The van der Waals surface area contributed by atoms with Crippen molar-refractivity contribution in [3.05, 3.63) is 48.3 Å². The Labute approximate surface area is 116 Å². The molecule has 2 aromatic rings. The molecule has 0 aliphatic heterocycles. The average Bonchev–Trinajstić information content (AvgIpc) is 2.89. The zero-order chi connectivity index (χ0) is 13.3. The van der Waals surface area contributed by atoms with Gasteiger partial charge in [0, 0.05) is 14.2 Å². The van der Waals surface area contributed by atoms with E-state index in [1.165, 1.54) is 6.07 Å². The van der Waals surface area contributed by atoms with Crippen molar-refractivity contribution in [3.63, 3.8) is 0 Å². The van der Waals surface area contributed by atoms with Crippen molar-refractivity contribution in [2.45, 2.75) is 13.0 Å². The number of aryl methyl sites for hydroxylation is 1. The topological polar surface area (TPSA) is 68.3 Å². The third-order valence-electron chi connectivity index (χ3n) is 2.53. The number of hydrogen-bond acceptors (Lipinski definition) is 5. The van der Waals surface area contributed by atoms with E-state index in [-0.39, 0.29) is 11.9 Å². The Morgan fingerprint density at radius 3 is 2.72 bits per heavy atom. The van der Waals surface area contributed by atoms with Gasteiger partial charge in [0.15, 0.2) is 0 Å². The van der Waals surface area contributed by atoms with Crippen LogP contribution in [0.1, 0.15) is 21.6 Å². The molecule has 0 aliphatic carbocycles. The molecule has 0 fully saturated rings. The molecule has 96 valence electrons. The van der Waals surface area contributed by atoms with Crippen molar-refractivity contribution in [3.8, 4) is 0 Å². The Hall–Kier alpha value is -1.18. The minimum absolute atomic E-state index is 0.173. The molecule has 1 atom stereocenters. The minimum Gasteiger partial charge on any atom is -0.404 e. The first kappa shape index (κ1) is 13.3. The summed E-state index contributed by atoms with van der Waals surface area (Å²) in [4.78, 5) is 12.3. The first-order valence-corrected chi connectivity index (χ1v) is 6.81. The van der Waals surface area contributed by atoms with Gasteiger partial charge in [-0.2, -0.15) is 0 Å². The number of nitrogens with zero attached hydrogens (tertiary/aromatic N) is 1. The Balaban J connectivity index is 2.35. The van der Waals surface area contributed by atoms with Gasteiger partial charge in [-0.1, -0.05) is 0 Å². The van der Waals surface area contributed by atoms with Crippen LogP contribution >= 0.6 is 27.3 Å². The van der Waals surface area contributed by atoms with E-state index in [1.807, 2.05) is 13.0 Å². The second-order valence-corrected chi connectivity index (χ2v) is 5.85. The van der Waals surface area contributed by atoms with Crippen LogP contribution in [0.5, 0.6) is 0 Å². The van der Waals surface area contributed by atoms with Crippen molar-refractivity contribution >= 4 is 33.2 Å². The summed E-state index contributed by atoms with van der Waals surface area (Å²) >= 11 is 5.08. The molecule has 0 bridgehead atoms. The molecule has 7 heteroatoms. The van der Waals surface area contributed by atoms with Gasteiger partial charge in [-0.05, 0) is 42.0 Å². The zero-order valence-electron chi connectivity index (χ0n) is 9.77. The third-order valence-corrected chi connectivity index (χ3v) is 4.73. The van der Waals surface area contributed by atoms with Gasteiger partial charge in [0.05, 0.1) is 6.07 Å². The van der Waals surface area contributed by atoms with Crippen LogP contribution in [0.25, 0.3) is 0 Å². The number of thiophene rings is 1. The molecule has 0 spiro atoms. The third kappa shape index (κ3) is 2.47. The zero-order valence-corrected chi connectivity index (χ0v) is 12.2. The van der Waals surface area contributed by atoms with E-state index in [0.29, 0.717) is 5.76 Å². The summed E-state index contributed by atoms with van der Waals surface area (Å²) in [6.45, 7) is 2.01. The summed E-state index contributed by atoms with van der Waals surface area (Å²) in [5, 5.41) is 13.7. The van der Waals surface area contributed by atoms with Crippen molar-refractivity contribution < 1.29 is 9.34 Å². The molecule has 2 rings (SSSR count). The molecule has 0 saturated heterocycles. The van der Waals surface area contributed by atoms with Crippen LogP contribution in [0.2, 0.25) is 0 Å². The number of rotatable bonds is 4. The van der Waals surface area contributed by atoms with E-state index >= 15 is 0 Å². The average molecular weight is 331 g/mol. The molecular weight excluding hydrogens is 320 g/mol. The van der Waals surface area contributed by atoms with E-state index in [9.17, 15) is 10.1 Å². The van der Waals surface area contributed by atoms with Gasteiger partial charge in [0.25, 0.3) is 0 Å². The highest BCUT2D eigenvalue weighted by Gasteiger charge is 2.22. The lowest BCUT2D eigenvalue weighted by Crippen LogP contribution is -2.15. The molecule has 2 heterocycles. The molecule has 0 amide bonds. The van der Waals surface area contributed by atoms with Gasteiger partial charge in [0.2, 0.25) is 0 Å². The Morgan fingerprint density at radius 1 is 1.56 bits per heavy atom. The summed E-state index contributed by atoms with van der Waals surface area (Å²) in [5.74, 6) is 0.301. The van der Waals surface area contributed by atoms with Crippen LogP contribution < -0.4 is 5.32 Å². The number of nitro groups is 1. The van der Waals surface area contributed by atoms with Crippen molar-refractivity contribution in [1.29, 1.82) is 0 Å². The van der Waals surface area contributed by atoms with Gasteiger partial charge in [0.1, 0.15) is 16.7 Å².